The van der Waals surface area contributed by atoms with Crippen LogP contribution in [0.4, 0.5) is 0 Å². The fourth-order valence-electron chi connectivity index (χ4n) is 1.67. The Hall–Kier alpha value is -1.06. The van der Waals surface area contributed by atoms with Gasteiger partial charge in [0.2, 0.25) is 0 Å². The highest BCUT2D eigenvalue weighted by atomic mass is 16.5. The molecule has 0 saturated carbocycles. The van der Waals surface area contributed by atoms with E-state index < -0.39 is 0 Å². The van der Waals surface area contributed by atoms with Crippen LogP contribution in [0, 0.1) is 6.92 Å². The fraction of sp³-hybridized carbons (Fsp3) is 0.571. The number of hydrogen-bond acceptors (Lipinski definition) is 3. The molecule has 0 aliphatic rings. The summed E-state index contributed by atoms with van der Waals surface area (Å²) in [5.41, 5.74) is 6.72. The number of nitrogens with two attached hydrogens (primary N) is 1. The quantitative estimate of drug-likeness (QED) is 0.679. The predicted octanol–water partition coefficient (Wildman–Crippen LogP) is 2.09. The van der Waals surface area contributed by atoms with Crippen LogP contribution >= 0.6 is 0 Å². The van der Waals surface area contributed by atoms with Gasteiger partial charge in [0.05, 0.1) is 6.61 Å². The highest BCUT2D eigenvalue weighted by molar-refractivity contribution is 5.27. The summed E-state index contributed by atoms with van der Waals surface area (Å²) in [6, 6.07) is 8.65. The number of ether oxygens (including phenoxy) is 1. The maximum absolute atomic E-state index is 5.66. The van der Waals surface area contributed by atoms with Gasteiger partial charge in [-0.3, -0.25) is 0 Å². The molecule has 1 rings (SSSR count). The van der Waals surface area contributed by atoms with Gasteiger partial charge >= 0.3 is 0 Å². The fourth-order valence-corrected chi connectivity index (χ4v) is 1.67. The van der Waals surface area contributed by atoms with Gasteiger partial charge in [0.25, 0.3) is 0 Å². The second-order valence-electron chi connectivity index (χ2n) is 4.45. The molecule has 0 aliphatic heterocycles. The molecule has 0 radical (unpaired) electrons. The van der Waals surface area contributed by atoms with Gasteiger partial charge in [0.1, 0.15) is 5.75 Å². The lowest BCUT2D eigenvalue weighted by atomic mass is 10.2. The summed E-state index contributed by atoms with van der Waals surface area (Å²) in [5.74, 6) is 0.958. The first kappa shape index (κ1) is 14.0. The molecule has 0 aliphatic carbocycles. The number of aryl methyl sites for hydroxylation is 1. The van der Waals surface area contributed by atoms with Crippen molar-refractivity contribution >= 4 is 0 Å². The van der Waals surface area contributed by atoms with E-state index in [0.717, 1.165) is 38.3 Å². The van der Waals surface area contributed by atoms with Gasteiger partial charge in [-0.2, -0.15) is 0 Å². The molecule has 1 atom stereocenters. The van der Waals surface area contributed by atoms with Crippen molar-refractivity contribution in [1.29, 1.82) is 0 Å². The van der Waals surface area contributed by atoms with Crippen molar-refractivity contribution < 1.29 is 4.74 Å². The smallest absolute Gasteiger partial charge is 0.119 e. The Balaban J connectivity index is 2.08. The zero-order valence-corrected chi connectivity index (χ0v) is 10.9. The van der Waals surface area contributed by atoms with Crippen LogP contribution in [-0.4, -0.2) is 25.7 Å². The molecule has 0 fully saturated rings. The molecule has 3 N–H and O–H groups in total. The second-order valence-corrected chi connectivity index (χ2v) is 4.45. The van der Waals surface area contributed by atoms with E-state index in [2.05, 4.69) is 31.3 Å². The number of rotatable bonds is 8. The van der Waals surface area contributed by atoms with Crippen molar-refractivity contribution in [1.82, 2.24) is 5.32 Å². The first-order chi connectivity index (χ1) is 8.22. The number of benzene rings is 1. The molecule has 0 saturated heterocycles. The number of nitrogens with one attached hydrogen (secondary N) is 1. The van der Waals surface area contributed by atoms with Gasteiger partial charge in [-0.25, -0.2) is 0 Å². The van der Waals surface area contributed by atoms with Gasteiger partial charge in [-0.1, -0.05) is 12.1 Å². The molecule has 0 bridgehead atoms. The van der Waals surface area contributed by atoms with Crippen LogP contribution in [0.2, 0.25) is 0 Å². The monoisotopic (exact) mass is 236 g/mol. The maximum Gasteiger partial charge on any atom is 0.119 e. The lowest BCUT2D eigenvalue weighted by Gasteiger charge is -2.12. The summed E-state index contributed by atoms with van der Waals surface area (Å²) < 4.78 is 5.66. The third-order valence-electron chi connectivity index (χ3n) is 2.67. The Labute approximate surface area is 104 Å². The van der Waals surface area contributed by atoms with E-state index in [0.29, 0.717) is 6.04 Å². The second kappa shape index (κ2) is 8.09. The van der Waals surface area contributed by atoms with Crippen LogP contribution in [0.5, 0.6) is 5.75 Å². The number of hydrogen-bond donors (Lipinski definition) is 2. The SMILES string of the molecule is Cc1cccc(OCCCNC(C)CCN)c1. The van der Waals surface area contributed by atoms with Crippen molar-refractivity contribution in [2.45, 2.75) is 32.7 Å². The van der Waals surface area contributed by atoms with Crippen LogP contribution in [0.1, 0.15) is 25.3 Å². The topological polar surface area (TPSA) is 47.3 Å². The third kappa shape index (κ3) is 6.29. The highest BCUT2D eigenvalue weighted by Gasteiger charge is 1.99. The molecule has 0 heterocycles. The normalized spacial score (nSPS) is 12.4. The van der Waals surface area contributed by atoms with E-state index in [-0.39, 0.29) is 0 Å². The molecule has 1 aromatic carbocycles. The van der Waals surface area contributed by atoms with E-state index in [1.54, 1.807) is 0 Å². The summed E-state index contributed by atoms with van der Waals surface area (Å²) >= 11 is 0. The van der Waals surface area contributed by atoms with Gasteiger partial charge in [0.15, 0.2) is 0 Å². The standard InChI is InChI=1S/C14H24N2O/c1-12-5-3-6-14(11-12)17-10-4-9-16-13(2)7-8-15/h3,5-6,11,13,16H,4,7-10,15H2,1-2H3. The Morgan fingerprint density at radius 3 is 2.94 bits per heavy atom. The van der Waals surface area contributed by atoms with Crippen LogP contribution < -0.4 is 15.8 Å². The van der Waals surface area contributed by atoms with Crippen molar-refractivity contribution in [3.63, 3.8) is 0 Å². The Kier molecular flexibility index (Phi) is 6.67. The molecule has 1 unspecified atom stereocenters. The molecule has 17 heavy (non-hydrogen) atoms. The lowest BCUT2D eigenvalue weighted by Crippen LogP contribution is -2.29. The maximum atomic E-state index is 5.66. The third-order valence-corrected chi connectivity index (χ3v) is 2.67. The minimum absolute atomic E-state index is 0.499. The largest absolute Gasteiger partial charge is 0.494 e. The van der Waals surface area contributed by atoms with Gasteiger partial charge in [-0.05, 0) is 57.5 Å². The Morgan fingerprint density at radius 2 is 2.24 bits per heavy atom. The Morgan fingerprint density at radius 1 is 1.41 bits per heavy atom. The summed E-state index contributed by atoms with van der Waals surface area (Å²) in [6.45, 7) is 6.71. The molecule has 0 spiro atoms. The van der Waals surface area contributed by atoms with Crippen LogP contribution in [0.3, 0.4) is 0 Å². The molecule has 3 heteroatoms. The predicted molar refractivity (Wildman–Crippen MR) is 72.4 cm³/mol. The van der Waals surface area contributed by atoms with E-state index in [1.807, 2.05) is 12.1 Å². The van der Waals surface area contributed by atoms with E-state index in [4.69, 9.17) is 10.5 Å². The highest BCUT2D eigenvalue weighted by Crippen LogP contribution is 2.12. The zero-order chi connectivity index (χ0) is 12.5. The molecule has 1 aromatic rings. The summed E-state index contributed by atoms with van der Waals surface area (Å²) in [5, 5.41) is 3.42. The van der Waals surface area contributed by atoms with Gasteiger partial charge in [0, 0.05) is 6.04 Å². The summed E-state index contributed by atoms with van der Waals surface area (Å²) in [7, 11) is 0. The molecule has 0 aromatic heterocycles. The molecular formula is C14H24N2O. The van der Waals surface area contributed by atoms with Crippen molar-refractivity contribution in [3.05, 3.63) is 29.8 Å². The lowest BCUT2D eigenvalue weighted by molar-refractivity contribution is 0.304. The summed E-state index contributed by atoms with van der Waals surface area (Å²) in [6.07, 6.45) is 2.04. The Bertz CT molecular complexity index is 315. The molecule has 0 amide bonds. The zero-order valence-electron chi connectivity index (χ0n) is 10.9. The first-order valence-corrected chi connectivity index (χ1v) is 6.35. The van der Waals surface area contributed by atoms with Crippen LogP contribution in [0.15, 0.2) is 24.3 Å². The van der Waals surface area contributed by atoms with Crippen molar-refractivity contribution in [3.8, 4) is 5.75 Å². The minimum Gasteiger partial charge on any atom is -0.494 e. The van der Waals surface area contributed by atoms with E-state index in [1.165, 1.54) is 5.56 Å². The average molecular weight is 236 g/mol. The first-order valence-electron chi connectivity index (χ1n) is 6.35. The summed E-state index contributed by atoms with van der Waals surface area (Å²) in [4.78, 5) is 0. The average Bonchev–Trinajstić information content (AvgIpc) is 2.29. The van der Waals surface area contributed by atoms with Gasteiger partial charge in [-0.15, -0.1) is 0 Å². The van der Waals surface area contributed by atoms with Crippen LogP contribution in [0.25, 0.3) is 0 Å². The van der Waals surface area contributed by atoms with Crippen LogP contribution in [-0.2, 0) is 0 Å². The van der Waals surface area contributed by atoms with E-state index in [9.17, 15) is 0 Å². The minimum atomic E-state index is 0.499. The molecule has 96 valence electrons. The van der Waals surface area contributed by atoms with E-state index >= 15 is 0 Å². The molecule has 3 nitrogen and oxygen atoms in total. The van der Waals surface area contributed by atoms with Gasteiger partial charge < -0.3 is 15.8 Å². The molecular weight excluding hydrogens is 212 g/mol. The van der Waals surface area contributed by atoms with Crippen molar-refractivity contribution in [2.24, 2.45) is 5.73 Å². The van der Waals surface area contributed by atoms with Crippen molar-refractivity contribution in [2.75, 3.05) is 19.7 Å².